The van der Waals surface area contributed by atoms with Crippen molar-refractivity contribution in [3.63, 3.8) is 0 Å². The number of hydrogen-bond acceptors (Lipinski definition) is 5. The van der Waals surface area contributed by atoms with E-state index in [0.29, 0.717) is 24.6 Å². The minimum Gasteiger partial charge on any atom is -0.494 e. The second-order valence-corrected chi connectivity index (χ2v) is 10.3. The van der Waals surface area contributed by atoms with Crippen molar-refractivity contribution in [1.82, 2.24) is 5.32 Å². The molecular weight excluding hydrogens is 396 g/mol. The normalized spacial score (nSPS) is 15.2. The third kappa shape index (κ3) is 7.91. The van der Waals surface area contributed by atoms with Gasteiger partial charge in [0.1, 0.15) is 12.3 Å². The fourth-order valence-corrected chi connectivity index (χ4v) is 5.41. The molecule has 0 aromatic heterocycles. The van der Waals surface area contributed by atoms with Crippen LogP contribution >= 0.6 is 11.8 Å². The summed E-state index contributed by atoms with van der Waals surface area (Å²) in [5.41, 5.74) is 0.453. The number of anilines is 1. The zero-order valence-electron chi connectivity index (χ0n) is 16.9. The van der Waals surface area contributed by atoms with Crippen LogP contribution in [0.3, 0.4) is 0 Å². The molecule has 1 amide bonds. The quantitative estimate of drug-likeness (QED) is 0.547. The molecule has 28 heavy (non-hydrogen) atoms. The smallest absolute Gasteiger partial charge is 0.240 e. The number of carbonyl (C=O) groups is 1. The summed E-state index contributed by atoms with van der Waals surface area (Å²) in [4.78, 5) is 12.3. The lowest BCUT2D eigenvalue weighted by atomic mass is 10.0. The zero-order chi connectivity index (χ0) is 20.4. The summed E-state index contributed by atoms with van der Waals surface area (Å²) in [6.45, 7) is 2.77. The highest BCUT2D eigenvalue weighted by molar-refractivity contribution is 7.99. The molecule has 158 valence electrons. The van der Waals surface area contributed by atoms with E-state index in [1.165, 1.54) is 32.1 Å². The maximum absolute atomic E-state index is 12.3. The van der Waals surface area contributed by atoms with Gasteiger partial charge in [0.05, 0.1) is 18.6 Å². The SMILES string of the molecule is CCOc1ccc(N(CC(=O)NCCCSC2CCCCC2)S(C)(=O)=O)cc1. The molecule has 2 rings (SSSR count). The monoisotopic (exact) mass is 428 g/mol. The summed E-state index contributed by atoms with van der Waals surface area (Å²) in [7, 11) is -3.56. The number of rotatable bonds is 11. The molecule has 0 unspecified atom stereocenters. The van der Waals surface area contributed by atoms with Crippen LogP contribution in [0, 0.1) is 0 Å². The number of ether oxygens (including phenoxy) is 1. The summed E-state index contributed by atoms with van der Waals surface area (Å²) in [6.07, 6.45) is 8.65. The van der Waals surface area contributed by atoms with Gasteiger partial charge in [0.25, 0.3) is 0 Å². The van der Waals surface area contributed by atoms with Crippen LogP contribution in [0.5, 0.6) is 5.75 Å². The molecule has 0 saturated heterocycles. The fraction of sp³-hybridized carbons (Fsp3) is 0.650. The molecule has 1 aliphatic carbocycles. The van der Waals surface area contributed by atoms with Crippen molar-refractivity contribution in [2.45, 2.75) is 50.7 Å². The Morgan fingerprint density at radius 3 is 2.50 bits per heavy atom. The molecule has 1 aromatic rings. The van der Waals surface area contributed by atoms with Crippen LogP contribution in [0.2, 0.25) is 0 Å². The van der Waals surface area contributed by atoms with Crippen LogP contribution in [-0.4, -0.2) is 51.3 Å². The summed E-state index contributed by atoms with van der Waals surface area (Å²) in [5.74, 6) is 1.40. The maximum atomic E-state index is 12.3. The Kier molecular flexibility index (Phi) is 9.44. The zero-order valence-corrected chi connectivity index (χ0v) is 18.5. The van der Waals surface area contributed by atoms with Crippen molar-refractivity contribution in [2.24, 2.45) is 0 Å². The third-order valence-corrected chi connectivity index (χ3v) is 7.28. The van der Waals surface area contributed by atoms with Gasteiger partial charge in [-0.15, -0.1) is 0 Å². The Labute approximate surface area is 173 Å². The molecule has 8 heteroatoms. The van der Waals surface area contributed by atoms with Gasteiger partial charge in [-0.25, -0.2) is 8.42 Å². The maximum Gasteiger partial charge on any atom is 0.240 e. The number of sulfonamides is 1. The number of nitrogens with zero attached hydrogens (tertiary/aromatic N) is 1. The molecule has 1 aliphatic rings. The first-order valence-electron chi connectivity index (χ1n) is 9.99. The molecular formula is C20H32N2O4S2. The van der Waals surface area contributed by atoms with Gasteiger partial charge in [-0.1, -0.05) is 19.3 Å². The predicted molar refractivity (Wildman–Crippen MR) is 117 cm³/mol. The number of amides is 1. The van der Waals surface area contributed by atoms with Gasteiger partial charge in [-0.05, 0) is 56.2 Å². The van der Waals surface area contributed by atoms with Crippen LogP contribution in [0.25, 0.3) is 0 Å². The van der Waals surface area contributed by atoms with Crippen LogP contribution in [0.4, 0.5) is 5.69 Å². The van der Waals surface area contributed by atoms with Gasteiger partial charge in [-0.3, -0.25) is 9.10 Å². The summed E-state index contributed by atoms with van der Waals surface area (Å²) in [5, 5.41) is 3.61. The number of benzene rings is 1. The highest BCUT2D eigenvalue weighted by Crippen LogP contribution is 2.28. The van der Waals surface area contributed by atoms with Gasteiger partial charge in [0, 0.05) is 11.8 Å². The summed E-state index contributed by atoms with van der Waals surface area (Å²) < 4.78 is 30.8. The van der Waals surface area contributed by atoms with E-state index in [1.807, 2.05) is 18.7 Å². The first-order valence-corrected chi connectivity index (χ1v) is 12.9. The van der Waals surface area contributed by atoms with Crippen LogP contribution < -0.4 is 14.4 Å². The molecule has 0 radical (unpaired) electrons. The van der Waals surface area contributed by atoms with Crippen LogP contribution in [-0.2, 0) is 14.8 Å². The van der Waals surface area contributed by atoms with Gasteiger partial charge in [0.2, 0.25) is 15.9 Å². The third-order valence-electron chi connectivity index (χ3n) is 4.67. The van der Waals surface area contributed by atoms with Crippen molar-refractivity contribution in [3.8, 4) is 5.75 Å². The van der Waals surface area contributed by atoms with Crippen molar-refractivity contribution >= 4 is 33.4 Å². The fourth-order valence-electron chi connectivity index (χ4n) is 3.24. The molecule has 0 spiro atoms. The minimum atomic E-state index is -3.56. The lowest BCUT2D eigenvalue weighted by molar-refractivity contribution is -0.119. The highest BCUT2D eigenvalue weighted by Gasteiger charge is 2.21. The van der Waals surface area contributed by atoms with Gasteiger partial charge < -0.3 is 10.1 Å². The number of carbonyl (C=O) groups excluding carboxylic acids is 1. The van der Waals surface area contributed by atoms with E-state index >= 15 is 0 Å². The number of hydrogen-bond donors (Lipinski definition) is 1. The van der Waals surface area contributed by atoms with Crippen molar-refractivity contribution in [2.75, 3.05) is 36.0 Å². The molecule has 0 heterocycles. The summed E-state index contributed by atoms with van der Waals surface area (Å²) in [6, 6.07) is 6.72. The largest absolute Gasteiger partial charge is 0.494 e. The van der Waals surface area contributed by atoms with E-state index < -0.39 is 10.0 Å². The van der Waals surface area contributed by atoms with E-state index in [2.05, 4.69) is 5.32 Å². The Bertz CT molecular complexity index is 701. The molecule has 0 aliphatic heterocycles. The molecule has 1 aromatic carbocycles. The molecule has 1 N–H and O–H groups in total. The minimum absolute atomic E-state index is 0.220. The first kappa shape index (κ1) is 22.9. The Morgan fingerprint density at radius 1 is 1.21 bits per heavy atom. The number of nitrogens with one attached hydrogen (secondary N) is 1. The second kappa shape index (κ2) is 11.6. The summed E-state index contributed by atoms with van der Waals surface area (Å²) >= 11 is 2.00. The first-order chi connectivity index (χ1) is 13.4. The molecule has 6 nitrogen and oxygen atoms in total. The van der Waals surface area contributed by atoms with Gasteiger partial charge in [0.15, 0.2) is 0 Å². The molecule has 1 saturated carbocycles. The molecule has 0 atom stereocenters. The standard InChI is InChI=1S/C20H32N2O4S2/c1-3-26-18-12-10-17(11-13-18)22(28(2,24)25)16-20(23)21-14-7-15-27-19-8-5-4-6-9-19/h10-13,19H,3-9,14-16H2,1-2H3,(H,21,23). The van der Waals surface area contributed by atoms with Crippen LogP contribution in [0.1, 0.15) is 45.4 Å². The molecule has 0 bridgehead atoms. The van der Waals surface area contributed by atoms with E-state index in [-0.39, 0.29) is 12.5 Å². The lowest BCUT2D eigenvalue weighted by Crippen LogP contribution is -2.40. The Hall–Kier alpha value is -1.41. The average Bonchev–Trinajstić information content (AvgIpc) is 2.67. The van der Waals surface area contributed by atoms with Crippen molar-refractivity contribution < 1.29 is 17.9 Å². The van der Waals surface area contributed by atoms with Crippen molar-refractivity contribution in [1.29, 1.82) is 0 Å². The van der Waals surface area contributed by atoms with Gasteiger partial charge in [-0.2, -0.15) is 11.8 Å². The number of thioether (sulfide) groups is 1. The van der Waals surface area contributed by atoms with E-state index in [1.54, 1.807) is 24.3 Å². The molecule has 1 fully saturated rings. The van der Waals surface area contributed by atoms with E-state index in [4.69, 9.17) is 4.74 Å². The Morgan fingerprint density at radius 2 is 1.89 bits per heavy atom. The second-order valence-electron chi connectivity index (χ2n) is 7.03. The van der Waals surface area contributed by atoms with Crippen LogP contribution in [0.15, 0.2) is 24.3 Å². The highest BCUT2D eigenvalue weighted by atomic mass is 32.2. The van der Waals surface area contributed by atoms with E-state index in [9.17, 15) is 13.2 Å². The Balaban J connectivity index is 1.79. The average molecular weight is 429 g/mol. The van der Waals surface area contributed by atoms with E-state index in [0.717, 1.165) is 28.0 Å². The lowest BCUT2D eigenvalue weighted by Gasteiger charge is -2.22. The predicted octanol–water partition coefficient (Wildman–Crippen LogP) is 3.42. The van der Waals surface area contributed by atoms with Crippen molar-refractivity contribution in [3.05, 3.63) is 24.3 Å². The van der Waals surface area contributed by atoms with Gasteiger partial charge >= 0.3 is 0 Å². The topological polar surface area (TPSA) is 75.7 Å².